The van der Waals surface area contributed by atoms with Crippen molar-refractivity contribution in [2.75, 3.05) is 25.6 Å². The van der Waals surface area contributed by atoms with E-state index in [4.69, 9.17) is 21.7 Å². The minimum absolute atomic E-state index is 0.222. The summed E-state index contributed by atoms with van der Waals surface area (Å²) >= 11 is 12.0. The van der Waals surface area contributed by atoms with Crippen LogP contribution in [0.15, 0.2) is 51.4 Å². The smallest absolute Gasteiger partial charge is 0.257 e. The number of anilines is 1. The van der Waals surface area contributed by atoms with Gasteiger partial charge in [-0.05, 0) is 64.5 Å². The van der Waals surface area contributed by atoms with E-state index in [2.05, 4.69) is 42.5 Å². The number of carbonyl (C=O) groups excluding carboxylic acids is 1. The Morgan fingerprint density at radius 2 is 1.96 bits per heavy atom. The van der Waals surface area contributed by atoms with Crippen molar-refractivity contribution in [1.82, 2.24) is 5.32 Å². The molecular formula is C17H16Br2N2O3S. The van der Waals surface area contributed by atoms with Gasteiger partial charge in [-0.15, -0.1) is 0 Å². The summed E-state index contributed by atoms with van der Waals surface area (Å²) in [6, 6.07) is 12.6. The molecule has 0 aliphatic heterocycles. The highest BCUT2D eigenvalue weighted by atomic mass is 79.9. The van der Waals surface area contributed by atoms with Gasteiger partial charge in [0.1, 0.15) is 12.4 Å². The van der Waals surface area contributed by atoms with Gasteiger partial charge in [-0.1, -0.05) is 22.0 Å². The van der Waals surface area contributed by atoms with Crippen molar-refractivity contribution in [2.24, 2.45) is 0 Å². The zero-order valence-corrected chi connectivity index (χ0v) is 17.3. The van der Waals surface area contributed by atoms with Crippen LogP contribution in [0.5, 0.6) is 5.75 Å². The third-order valence-electron chi connectivity index (χ3n) is 3.05. The Morgan fingerprint density at radius 1 is 1.16 bits per heavy atom. The summed E-state index contributed by atoms with van der Waals surface area (Å²) in [6.07, 6.45) is 0. The van der Waals surface area contributed by atoms with Gasteiger partial charge in [0, 0.05) is 22.8 Å². The average molecular weight is 488 g/mol. The van der Waals surface area contributed by atoms with Gasteiger partial charge in [0.2, 0.25) is 0 Å². The lowest BCUT2D eigenvalue weighted by Gasteiger charge is -2.11. The third kappa shape index (κ3) is 6.39. The minimum Gasteiger partial charge on any atom is -0.490 e. The van der Waals surface area contributed by atoms with Crippen molar-refractivity contribution in [2.45, 2.75) is 0 Å². The molecule has 8 heteroatoms. The molecule has 2 aromatic carbocycles. The molecule has 2 rings (SSSR count). The van der Waals surface area contributed by atoms with Crippen LogP contribution in [0, 0.1) is 0 Å². The first-order valence-corrected chi connectivity index (χ1v) is 9.28. The van der Waals surface area contributed by atoms with E-state index < -0.39 is 0 Å². The molecule has 0 fully saturated rings. The molecule has 0 atom stereocenters. The Morgan fingerprint density at radius 3 is 2.64 bits per heavy atom. The lowest BCUT2D eigenvalue weighted by molar-refractivity contribution is 0.0977. The lowest BCUT2D eigenvalue weighted by Crippen LogP contribution is -2.34. The molecular weight excluding hydrogens is 472 g/mol. The predicted molar refractivity (Wildman–Crippen MR) is 109 cm³/mol. The van der Waals surface area contributed by atoms with Crippen LogP contribution in [-0.4, -0.2) is 31.3 Å². The largest absolute Gasteiger partial charge is 0.490 e. The quantitative estimate of drug-likeness (QED) is 0.468. The van der Waals surface area contributed by atoms with E-state index in [1.165, 1.54) is 0 Å². The number of nitrogens with one attached hydrogen (secondary N) is 2. The molecule has 0 saturated heterocycles. The summed E-state index contributed by atoms with van der Waals surface area (Å²) in [4.78, 5) is 12.3. The van der Waals surface area contributed by atoms with Gasteiger partial charge in [0.15, 0.2) is 5.11 Å². The molecule has 0 radical (unpaired) electrons. The van der Waals surface area contributed by atoms with E-state index in [-0.39, 0.29) is 11.0 Å². The van der Waals surface area contributed by atoms with Crippen LogP contribution in [-0.2, 0) is 4.74 Å². The number of hydrogen-bond donors (Lipinski definition) is 2. The number of rotatable bonds is 6. The van der Waals surface area contributed by atoms with Crippen LogP contribution in [0.3, 0.4) is 0 Å². The fraction of sp³-hybridized carbons (Fsp3) is 0.176. The van der Waals surface area contributed by atoms with Crippen LogP contribution in [0.2, 0.25) is 0 Å². The normalized spacial score (nSPS) is 10.2. The van der Waals surface area contributed by atoms with Gasteiger partial charge in [0.25, 0.3) is 5.91 Å². The van der Waals surface area contributed by atoms with Crippen molar-refractivity contribution >= 4 is 60.8 Å². The molecule has 0 spiro atoms. The Balaban J connectivity index is 1.95. The van der Waals surface area contributed by atoms with Crippen molar-refractivity contribution in [1.29, 1.82) is 0 Å². The summed E-state index contributed by atoms with van der Waals surface area (Å²) < 4.78 is 12.1. The fourth-order valence-electron chi connectivity index (χ4n) is 1.90. The van der Waals surface area contributed by atoms with E-state index in [0.717, 1.165) is 10.2 Å². The Kier molecular flexibility index (Phi) is 7.83. The Labute approximate surface area is 168 Å². The maximum atomic E-state index is 12.3. The molecule has 0 heterocycles. The second-order valence-electron chi connectivity index (χ2n) is 4.91. The molecule has 0 bridgehead atoms. The zero-order valence-electron chi connectivity index (χ0n) is 13.3. The van der Waals surface area contributed by atoms with Gasteiger partial charge in [0.05, 0.1) is 11.1 Å². The number of benzene rings is 2. The van der Waals surface area contributed by atoms with Crippen LogP contribution >= 0.6 is 44.1 Å². The molecule has 0 aliphatic rings. The second-order valence-corrected chi connectivity index (χ2v) is 7.08. The monoisotopic (exact) mass is 486 g/mol. The summed E-state index contributed by atoms with van der Waals surface area (Å²) in [7, 11) is 1.61. The molecule has 0 saturated carbocycles. The molecule has 25 heavy (non-hydrogen) atoms. The van der Waals surface area contributed by atoms with E-state index in [0.29, 0.717) is 29.0 Å². The van der Waals surface area contributed by atoms with E-state index >= 15 is 0 Å². The predicted octanol–water partition coefficient (Wildman–Crippen LogP) is 4.36. The summed E-state index contributed by atoms with van der Waals surface area (Å²) in [5, 5.41) is 5.83. The molecule has 2 aromatic rings. The molecule has 5 nitrogen and oxygen atoms in total. The molecule has 2 N–H and O–H groups in total. The first-order valence-electron chi connectivity index (χ1n) is 7.29. The highest BCUT2D eigenvalue weighted by Crippen LogP contribution is 2.26. The SMILES string of the molecule is COCCOc1ccc(C(=O)NC(=S)Nc2cccc(Br)c2)cc1Br. The zero-order chi connectivity index (χ0) is 18.2. The second kappa shape index (κ2) is 9.86. The van der Waals surface area contributed by atoms with Crippen molar-refractivity contribution in [3.63, 3.8) is 0 Å². The maximum absolute atomic E-state index is 12.3. The number of methoxy groups -OCH3 is 1. The van der Waals surface area contributed by atoms with Gasteiger partial charge in [-0.2, -0.15) is 0 Å². The number of halogens is 2. The molecule has 132 valence electrons. The first-order chi connectivity index (χ1) is 12.0. The number of carbonyl (C=O) groups is 1. The van der Waals surface area contributed by atoms with Crippen LogP contribution in [0.1, 0.15) is 10.4 Å². The highest BCUT2D eigenvalue weighted by Gasteiger charge is 2.11. The van der Waals surface area contributed by atoms with Crippen LogP contribution in [0.4, 0.5) is 5.69 Å². The standard InChI is InChI=1S/C17H16Br2N2O3S/c1-23-7-8-24-15-6-5-11(9-14(15)19)16(22)21-17(25)20-13-4-2-3-12(18)10-13/h2-6,9-10H,7-8H2,1H3,(H2,20,21,22,25). The van der Waals surface area contributed by atoms with Crippen LogP contribution < -0.4 is 15.4 Å². The number of hydrogen-bond acceptors (Lipinski definition) is 4. The van der Waals surface area contributed by atoms with Crippen molar-refractivity contribution in [3.05, 3.63) is 57.0 Å². The molecule has 0 aliphatic carbocycles. The fourth-order valence-corrected chi connectivity index (χ4v) is 3.00. The number of thiocarbonyl (C=S) groups is 1. The minimum atomic E-state index is -0.309. The van der Waals surface area contributed by atoms with Crippen molar-refractivity contribution in [3.8, 4) is 5.75 Å². The van der Waals surface area contributed by atoms with Gasteiger partial charge in [-0.3, -0.25) is 10.1 Å². The van der Waals surface area contributed by atoms with E-state index in [1.807, 2.05) is 24.3 Å². The lowest BCUT2D eigenvalue weighted by atomic mass is 10.2. The van der Waals surface area contributed by atoms with E-state index in [1.54, 1.807) is 25.3 Å². The summed E-state index contributed by atoms with van der Waals surface area (Å²) in [5.41, 5.74) is 1.24. The summed E-state index contributed by atoms with van der Waals surface area (Å²) in [5.74, 6) is 0.333. The summed E-state index contributed by atoms with van der Waals surface area (Å²) in [6.45, 7) is 0.922. The molecule has 1 amide bonds. The van der Waals surface area contributed by atoms with Crippen molar-refractivity contribution < 1.29 is 14.3 Å². The third-order valence-corrected chi connectivity index (χ3v) is 4.37. The Hall–Kier alpha value is -1.48. The highest BCUT2D eigenvalue weighted by molar-refractivity contribution is 9.10. The van der Waals surface area contributed by atoms with E-state index in [9.17, 15) is 4.79 Å². The number of amides is 1. The maximum Gasteiger partial charge on any atom is 0.257 e. The van der Waals surface area contributed by atoms with Gasteiger partial charge < -0.3 is 14.8 Å². The van der Waals surface area contributed by atoms with Crippen LogP contribution in [0.25, 0.3) is 0 Å². The molecule has 0 aromatic heterocycles. The average Bonchev–Trinajstić information content (AvgIpc) is 2.56. The Bertz CT molecular complexity index is 771. The van der Waals surface area contributed by atoms with Gasteiger partial charge >= 0.3 is 0 Å². The topological polar surface area (TPSA) is 59.6 Å². The molecule has 0 unspecified atom stereocenters. The number of ether oxygens (including phenoxy) is 2. The first kappa shape index (κ1) is 19.8. The van der Waals surface area contributed by atoms with Gasteiger partial charge in [-0.25, -0.2) is 0 Å².